The van der Waals surface area contributed by atoms with Crippen molar-refractivity contribution in [2.24, 2.45) is 0 Å². The highest BCUT2D eigenvalue weighted by Gasteiger charge is 2.29. The van der Waals surface area contributed by atoms with Crippen molar-refractivity contribution >= 4 is 34.8 Å². The third-order valence-electron chi connectivity index (χ3n) is 1.19. The van der Waals surface area contributed by atoms with Gasteiger partial charge in [-0.1, -0.05) is 43.0 Å². The molecule has 4 heteroatoms. The Labute approximate surface area is 76.3 Å². The standard InChI is InChI=1S/C6H11Cl3O/c1-2-3-4-5(7)6(8,9)10/h5,10H,2-4H2,1H3. The van der Waals surface area contributed by atoms with Crippen LogP contribution in [0.3, 0.4) is 0 Å². The molecule has 1 unspecified atom stereocenters. The fraction of sp³-hybridized carbons (Fsp3) is 1.00. The summed E-state index contributed by atoms with van der Waals surface area (Å²) < 4.78 is -1.78. The van der Waals surface area contributed by atoms with Crippen LogP contribution in [-0.4, -0.2) is 15.0 Å². The zero-order valence-electron chi connectivity index (χ0n) is 5.78. The van der Waals surface area contributed by atoms with Crippen LogP contribution < -0.4 is 0 Å². The van der Waals surface area contributed by atoms with Crippen molar-refractivity contribution in [1.82, 2.24) is 0 Å². The van der Waals surface area contributed by atoms with Crippen LogP contribution in [0.1, 0.15) is 26.2 Å². The maximum absolute atomic E-state index is 8.91. The lowest BCUT2D eigenvalue weighted by Crippen LogP contribution is -2.25. The Balaban J connectivity index is 3.52. The van der Waals surface area contributed by atoms with Crippen LogP contribution >= 0.6 is 34.8 Å². The van der Waals surface area contributed by atoms with Gasteiger partial charge in [-0.2, -0.15) is 0 Å². The Hall–Kier alpha value is 0.830. The number of hydrogen-bond acceptors (Lipinski definition) is 1. The summed E-state index contributed by atoms with van der Waals surface area (Å²) >= 11 is 16.2. The number of halogens is 3. The average Bonchev–Trinajstić information content (AvgIpc) is 1.80. The monoisotopic (exact) mass is 204 g/mol. The molecule has 0 fully saturated rings. The van der Waals surface area contributed by atoms with E-state index in [1.54, 1.807) is 0 Å². The van der Waals surface area contributed by atoms with Gasteiger partial charge in [0.1, 0.15) is 0 Å². The molecule has 0 aromatic heterocycles. The first kappa shape index (κ1) is 10.8. The van der Waals surface area contributed by atoms with E-state index in [1.807, 2.05) is 6.92 Å². The fourth-order valence-electron chi connectivity index (χ4n) is 0.557. The summed E-state index contributed by atoms with van der Waals surface area (Å²) in [5.41, 5.74) is 0. The minimum absolute atomic E-state index is 0.573. The summed E-state index contributed by atoms with van der Waals surface area (Å²) in [5.74, 6) is 0. The molecular formula is C6H11Cl3O. The molecule has 0 aromatic rings. The Kier molecular flexibility index (Phi) is 5.04. The topological polar surface area (TPSA) is 20.2 Å². The van der Waals surface area contributed by atoms with Gasteiger partial charge in [-0.15, -0.1) is 11.6 Å². The fourth-order valence-corrected chi connectivity index (χ4v) is 0.930. The molecule has 0 bridgehead atoms. The van der Waals surface area contributed by atoms with Gasteiger partial charge in [-0.25, -0.2) is 0 Å². The Bertz CT molecular complexity index is 89.5. The second-order valence-corrected chi connectivity index (χ2v) is 4.07. The van der Waals surface area contributed by atoms with E-state index < -0.39 is 9.90 Å². The maximum Gasteiger partial charge on any atom is 0.231 e. The van der Waals surface area contributed by atoms with Gasteiger partial charge in [-0.05, 0) is 6.42 Å². The number of rotatable bonds is 4. The van der Waals surface area contributed by atoms with E-state index in [0.29, 0.717) is 6.42 Å². The molecular weight excluding hydrogens is 194 g/mol. The van der Waals surface area contributed by atoms with E-state index in [-0.39, 0.29) is 0 Å². The molecule has 0 spiro atoms. The van der Waals surface area contributed by atoms with Crippen LogP contribution in [0.15, 0.2) is 0 Å². The van der Waals surface area contributed by atoms with Crippen molar-refractivity contribution in [3.05, 3.63) is 0 Å². The van der Waals surface area contributed by atoms with Gasteiger partial charge in [0.15, 0.2) is 0 Å². The molecule has 0 aliphatic rings. The van der Waals surface area contributed by atoms with Gasteiger partial charge in [0.2, 0.25) is 4.52 Å². The van der Waals surface area contributed by atoms with Gasteiger partial charge in [0.05, 0.1) is 5.38 Å². The smallest absolute Gasteiger partial charge is 0.231 e. The Morgan fingerprint density at radius 1 is 1.50 bits per heavy atom. The van der Waals surface area contributed by atoms with Crippen molar-refractivity contribution in [2.45, 2.75) is 36.1 Å². The molecule has 0 aliphatic heterocycles. The molecule has 1 N–H and O–H groups in total. The first-order valence-corrected chi connectivity index (χ1v) is 4.42. The summed E-state index contributed by atoms with van der Waals surface area (Å²) in [4.78, 5) is 0. The van der Waals surface area contributed by atoms with Crippen LogP contribution in [0, 0.1) is 0 Å². The van der Waals surface area contributed by atoms with Gasteiger partial charge in [-0.3, -0.25) is 0 Å². The van der Waals surface area contributed by atoms with Gasteiger partial charge >= 0.3 is 0 Å². The van der Waals surface area contributed by atoms with Crippen LogP contribution in [0.2, 0.25) is 0 Å². The maximum atomic E-state index is 8.91. The highest BCUT2D eigenvalue weighted by atomic mass is 35.5. The van der Waals surface area contributed by atoms with E-state index in [1.165, 1.54) is 0 Å². The van der Waals surface area contributed by atoms with Crippen LogP contribution in [0.4, 0.5) is 0 Å². The van der Waals surface area contributed by atoms with Gasteiger partial charge in [0, 0.05) is 0 Å². The molecule has 10 heavy (non-hydrogen) atoms. The summed E-state index contributed by atoms with van der Waals surface area (Å²) in [7, 11) is 0. The summed E-state index contributed by atoms with van der Waals surface area (Å²) in [6.07, 6.45) is 2.59. The second-order valence-electron chi connectivity index (χ2n) is 2.20. The van der Waals surface area contributed by atoms with Crippen molar-refractivity contribution in [1.29, 1.82) is 0 Å². The SMILES string of the molecule is CCCCC(Cl)C(O)(Cl)Cl. The normalized spacial score (nSPS) is 15.3. The zero-order valence-corrected chi connectivity index (χ0v) is 8.05. The molecule has 0 amide bonds. The molecule has 0 aromatic carbocycles. The minimum atomic E-state index is -1.78. The van der Waals surface area contributed by atoms with E-state index in [4.69, 9.17) is 39.9 Å². The number of alkyl halides is 3. The zero-order chi connectivity index (χ0) is 8.20. The molecule has 62 valence electrons. The van der Waals surface area contributed by atoms with E-state index in [0.717, 1.165) is 12.8 Å². The molecule has 0 rings (SSSR count). The molecule has 0 aliphatic carbocycles. The minimum Gasteiger partial charge on any atom is -0.361 e. The Morgan fingerprint density at radius 3 is 2.30 bits per heavy atom. The number of unbranched alkanes of at least 4 members (excludes halogenated alkanes) is 1. The molecule has 0 heterocycles. The summed E-state index contributed by atoms with van der Waals surface area (Å²) in [5, 5.41) is 8.34. The lowest BCUT2D eigenvalue weighted by Gasteiger charge is -2.17. The van der Waals surface area contributed by atoms with Gasteiger partial charge < -0.3 is 5.11 Å². The van der Waals surface area contributed by atoms with E-state index in [9.17, 15) is 0 Å². The predicted octanol–water partition coefficient (Wildman–Crippen LogP) is 2.91. The number of aliphatic hydroxyl groups is 1. The average molecular weight is 206 g/mol. The lowest BCUT2D eigenvalue weighted by molar-refractivity contribution is 0.204. The van der Waals surface area contributed by atoms with Gasteiger partial charge in [0.25, 0.3) is 0 Å². The van der Waals surface area contributed by atoms with Crippen LogP contribution in [0.5, 0.6) is 0 Å². The van der Waals surface area contributed by atoms with Crippen molar-refractivity contribution < 1.29 is 5.11 Å². The third-order valence-corrected chi connectivity index (χ3v) is 2.47. The highest BCUT2D eigenvalue weighted by molar-refractivity contribution is 6.50. The molecule has 0 radical (unpaired) electrons. The van der Waals surface area contributed by atoms with Crippen molar-refractivity contribution in [3.8, 4) is 0 Å². The second kappa shape index (κ2) is 4.66. The first-order valence-electron chi connectivity index (χ1n) is 3.22. The quantitative estimate of drug-likeness (QED) is 0.700. The summed E-state index contributed by atoms with van der Waals surface area (Å²) in [6, 6.07) is 0. The van der Waals surface area contributed by atoms with Crippen LogP contribution in [0.25, 0.3) is 0 Å². The van der Waals surface area contributed by atoms with E-state index in [2.05, 4.69) is 0 Å². The van der Waals surface area contributed by atoms with E-state index >= 15 is 0 Å². The lowest BCUT2D eigenvalue weighted by atomic mass is 10.2. The number of hydrogen-bond donors (Lipinski definition) is 1. The molecule has 1 atom stereocenters. The molecule has 1 nitrogen and oxygen atoms in total. The largest absolute Gasteiger partial charge is 0.361 e. The molecule has 0 saturated carbocycles. The van der Waals surface area contributed by atoms with Crippen molar-refractivity contribution in [3.63, 3.8) is 0 Å². The molecule has 0 saturated heterocycles. The Morgan fingerprint density at radius 2 is 2.00 bits per heavy atom. The van der Waals surface area contributed by atoms with Crippen molar-refractivity contribution in [2.75, 3.05) is 0 Å². The predicted molar refractivity (Wildman–Crippen MR) is 45.8 cm³/mol. The summed E-state index contributed by atoms with van der Waals surface area (Å²) in [6.45, 7) is 2.03. The first-order chi connectivity index (χ1) is 4.48. The van der Waals surface area contributed by atoms with Crippen LogP contribution in [-0.2, 0) is 0 Å². The third kappa shape index (κ3) is 4.62. The highest BCUT2D eigenvalue weighted by Crippen LogP contribution is 2.29.